The van der Waals surface area contributed by atoms with E-state index in [-0.39, 0.29) is 67.4 Å². The Morgan fingerprint density at radius 3 is 2.62 bits per heavy atom. The first kappa shape index (κ1) is 29.6. The number of piperidine rings is 2. The molecule has 4 heterocycles. The molecule has 2 atom stereocenters. The van der Waals surface area contributed by atoms with Crippen molar-refractivity contribution < 1.29 is 28.4 Å². The minimum Gasteiger partial charge on any atom is -0.445 e. The van der Waals surface area contributed by atoms with Crippen molar-refractivity contribution in [2.45, 2.75) is 64.1 Å². The maximum Gasteiger partial charge on any atom is 0.410 e. The summed E-state index contributed by atoms with van der Waals surface area (Å²) in [6.45, 7) is 4.61. The Kier molecular flexibility index (Phi) is 9.41. The van der Waals surface area contributed by atoms with Gasteiger partial charge in [-0.15, -0.1) is 0 Å². The summed E-state index contributed by atoms with van der Waals surface area (Å²) in [6.07, 6.45) is 2.49. The van der Waals surface area contributed by atoms with E-state index >= 15 is 0 Å². The fourth-order valence-electron chi connectivity index (χ4n) is 6.29. The van der Waals surface area contributed by atoms with Crippen LogP contribution in [0.3, 0.4) is 0 Å². The Morgan fingerprint density at radius 2 is 1.83 bits per heavy atom. The quantitative estimate of drug-likeness (QED) is 0.421. The largest absolute Gasteiger partial charge is 0.445 e. The van der Waals surface area contributed by atoms with Crippen LogP contribution in [0.1, 0.15) is 65.9 Å². The van der Waals surface area contributed by atoms with E-state index in [4.69, 9.17) is 9.26 Å². The van der Waals surface area contributed by atoms with Gasteiger partial charge in [-0.05, 0) is 63.1 Å². The molecule has 0 saturated carbocycles. The van der Waals surface area contributed by atoms with Crippen molar-refractivity contribution in [2.75, 3.05) is 32.7 Å². The van der Waals surface area contributed by atoms with Crippen molar-refractivity contribution in [1.29, 1.82) is 0 Å². The number of carbonyl (C=O) groups is 4. The number of aromatic nitrogens is 1. The number of hydrogen-bond donors (Lipinski definition) is 4. The van der Waals surface area contributed by atoms with Crippen LogP contribution in [0.15, 0.2) is 34.9 Å². The van der Waals surface area contributed by atoms with Crippen LogP contribution >= 0.6 is 0 Å². The summed E-state index contributed by atoms with van der Waals surface area (Å²) in [7, 11) is 0. The Labute approximate surface area is 245 Å². The van der Waals surface area contributed by atoms with E-state index in [1.165, 1.54) is 0 Å². The summed E-state index contributed by atoms with van der Waals surface area (Å²) in [5.74, 6) is -0.370. The zero-order valence-electron chi connectivity index (χ0n) is 24.1. The van der Waals surface area contributed by atoms with Crippen LogP contribution in [0.4, 0.5) is 4.79 Å². The van der Waals surface area contributed by atoms with Crippen LogP contribution in [0.5, 0.6) is 0 Å². The second kappa shape index (κ2) is 13.4. The number of carbonyl (C=O) groups excluding carboxylic acids is 4. The molecule has 2 fully saturated rings. The normalized spacial score (nSPS) is 23.6. The van der Waals surface area contributed by atoms with E-state index in [1.54, 1.807) is 11.8 Å². The maximum atomic E-state index is 13.4. The average Bonchev–Trinajstić information content (AvgIpc) is 3.36. The number of aryl methyl sites for hydroxylation is 1. The van der Waals surface area contributed by atoms with E-state index in [9.17, 15) is 19.2 Å². The molecule has 0 radical (unpaired) electrons. The monoisotopic (exact) mass is 580 g/mol. The zero-order chi connectivity index (χ0) is 29.5. The summed E-state index contributed by atoms with van der Waals surface area (Å²) in [4.78, 5) is 54.2. The first-order valence-electron chi connectivity index (χ1n) is 14.8. The highest BCUT2D eigenvalue weighted by Gasteiger charge is 2.38. The first-order valence-corrected chi connectivity index (χ1v) is 14.8. The highest BCUT2D eigenvalue weighted by molar-refractivity contribution is 5.97. The molecule has 4 amide bonds. The molecule has 2 saturated heterocycles. The second-order valence-electron chi connectivity index (χ2n) is 11.6. The molecule has 1 aromatic heterocycles. The molecule has 42 heavy (non-hydrogen) atoms. The Bertz CT molecular complexity index is 1270. The second-order valence-corrected chi connectivity index (χ2v) is 11.6. The number of ether oxygens (including phenoxy) is 1. The number of rotatable bonds is 2. The molecule has 12 heteroatoms. The molecule has 1 aromatic carbocycles. The molecule has 0 aliphatic carbocycles. The van der Waals surface area contributed by atoms with Gasteiger partial charge in [0.25, 0.3) is 5.91 Å². The topological polar surface area (TPSA) is 155 Å². The van der Waals surface area contributed by atoms with Crippen molar-refractivity contribution in [1.82, 2.24) is 31.3 Å². The summed E-state index contributed by atoms with van der Waals surface area (Å²) < 4.78 is 11.0. The molecule has 4 N–H and O–H groups in total. The minimum absolute atomic E-state index is 0.00221. The number of amides is 4. The van der Waals surface area contributed by atoms with Gasteiger partial charge in [-0.25, -0.2) is 4.79 Å². The number of likely N-dealkylation sites (tertiary alicyclic amines) is 1. The lowest BCUT2D eigenvalue weighted by atomic mass is 9.81. The number of benzene rings is 1. The fraction of sp³-hybridized carbons (Fsp3) is 0.567. The number of nitrogens with zero attached hydrogens (tertiary/aromatic N) is 2. The molecule has 3 aliphatic heterocycles. The van der Waals surface area contributed by atoms with Gasteiger partial charge in [0.2, 0.25) is 11.8 Å². The van der Waals surface area contributed by atoms with Crippen LogP contribution in [-0.2, 0) is 27.5 Å². The van der Waals surface area contributed by atoms with Crippen LogP contribution in [0.2, 0.25) is 0 Å². The summed E-state index contributed by atoms with van der Waals surface area (Å²) >= 11 is 0. The van der Waals surface area contributed by atoms with Crippen LogP contribution in [-0.4, -0.2) is 72.1 Å². The van der Waals surface area contributed by atoms with Crippen molar-refractivity contribution in [3.63, 3.8) is 0 Å². The highest BCUT2D eigenvalue weighted by atomic mass is 16.6. The smallest absolute Gasteiger partial charge is 0.410 e. The third-order valence-corrected chi connectivity index (χ3v) is 8.68. The molecule has 3 aliphatic rings. The molecule has 2 aromatic rings. The van der Waals surface area contributed by atoms with E-state index in [1.807, 2.05) is 30.3 Å². The van der Waals surface area contributed by atoms with Crippen molar-refractivity contribution >= 4 is 23.8 Å². The third kappa shape index (κ3) is 7.28. The van der Waals surface area contributed by atoms with Gasteiger partial charge < -0.3 is 35.4 Å². The molecule has 226 valence electrons. The lowest BCUT2D eigenvalue weighted by molar-refractivity contribution is -0.124. The molecule has 0 bridgehead atoms. The number of nitrogens with one attached hydrogen (secondary N) is 4. The number of fused-ring (bicyclic) bond motifs is 2. The van der Waals surface area contributed by atoms with Crippen LogP contribution in [0, 0.1) is 18.8 Å². The lowest BCUT2D eigenvalue weighted by Gasteiger charge is -2.39. The highest BCUT2D eigenvalue weighted by Crippen LogP contribution is 2.30. The van der Waals surface area contributed by atoms with Gasteiger partial charge in [-0.1, -0.05) is 35.5 Å². The fourth-order valence-corrected chi connectivity index (χ4v) is 6.29. The summed E-state index contributed by atoms with van der Waals surface area (Å²) in [5, 5.41) is 16.3. The Balaban J connectivity index is 1.30. The van der Waals surface area contributed by atoms with E-state index < -0.39 is 5.54 Å². The van der Waals surface area contributed by atoms with Crippen LogP contribution in [0.25, 0.3) is 0 Å². The zero-order valence-corrected chi connectivity index (χ0v) is 24.1. The predicted octanol–water partition coefficient (Wildman–Crippen LogP) is 2.03. The van der Waals surface area contributed by atoms with Gasteiger partial charge in [0.1, 0.15) is 12.2 Å². The molecular formula is C30H40N6O6. The Hall–Kier alpha value is -3.93. The van der Waals surface area contributed by atoms with Gasteiger partial charge in [-0.2, -0.15) is 0 Å². The van der Waals surface area contributed by atoms with Gasteiger partial charge >= 0.3 is 6.09 Å². The minimum atomic E-state index is -0.708. The summed E-state index contributed by atoms with van der Waals surface area (Å²) in [6, 6.07) is 9.53. The van der Waals surface area contributed by atoms with Gasteiger partial charge in [0.15, 0.2) is 5.76 Å². The average molecular weight is 581 g/mol. The Morgan fingerprint density at radius 1 is 1.05 bits per heavy atom. The van der Waals surface area contributed by atoms with E-state index in [0.717, 1.165) is 5.56 Å². The lowest BCUT2D eigenvalue weighted by Crippen LogP contribution is -2.56. The van der Waals surface area contributed by atoms with Gasteiger partial charge in [0, 0.05) is 32.5 Å². The predicted molar refractivity (Wildman–Crippen MR) is 152 cm³/mol. The van der Waals surface area contributed by atoms with Gasteiger partial charge in [0.05, 0.1) is 17.8 Å². The molecular weight excluding hydrogens is 540 g/mol. The molecule has 12 nitrogen and oxygen atoms in total. The maximum absolute atomic E-state index is 13.4. The van der Waals surface area contributed by atoms with E-state index in [2.05, 4.69) is 26.4 Å². The molecule has 0 unspecified atom stereocenters. The van der Waals surface area contributed by atoms with Crippen LogP contribution < -0.4 is 21.3 Å². The summed E-state index contributed by atoms with van der Waals surface area (Å²) in [5.41, 5.74) is 0.928. The number of hydrogen-bond acceptors (Lipinski definition) is 8. The third-order valence-electron chi connectivity index (χ3n) is 8.68. The molecule has 1 spiro atoms. The van der Waals surface area contributed by atoms with Gasteiger partial charge in [-0.3, -0.25) is 14.4 Å². The van der Waals surface area contributed by atoms with Crippen molar-refractivity contribution in [3.8, 4) is 0 Å². The van der Waals surface area contributed by atoms with E-state index in [0.29, 0.717) is 69.7 Å². The molecule has 5 rings (SSSR count). The SMILES string of the molecule is Cc1noc2c1C(=O)NC1(CCNCC1)CC(=O)NCC[C@H]1CN(C(=O)OCc3ccccc3)CC[C@H]1CC(=O)NC2. The first-order chi connectivity index (χ1) is 20.3. The van der Waals surface area contributed by atoms with Crippen molar-refractivity contribution in [2.24, 2.45) is 11.8 Å². The standard InChI is InChI=1S/C30H40N6O6/c1-20-27-24(42-35-20)17-33-25(37)15-22-8-14-36(29(40)41-19-21-5-3-2-4-6-21)18-23(22)7-11-32-26(38)16-30(34-28(27)39)9-12-31-13-10-30/h2-6,22-23,31H,7-19H2,1H3,(H,32,38)(H,33,37)(H,34,39)/t22-,23-/m0/s1. The van der Waals surface area contributed by atoms with Crippen molar-refractivity contribution in [3.05, 3.63) is 52.9 Å².